The van der Waals surface area contributed by atoms with Crippen LogP contribution in [0.5, 0.6) is 0 Å². The van der Waals surface area contributed by atoms with Gasteiger partial charge in [0.05, 0.1) is 0 Å². The first-order valence-electron chi connectivity index (χ1n) is 3.88. The van der Waals surface area contributed by atoms with Gasteiger partial charge >= 0.3 is 6.18 Å². The molecular weight excluding hydrogens is 171 g/mol. The normalized spacial score (nSPS) is 37.2. The first-order valence-corrected chi connectivity index (χ1v) is 3.88. The van der Waals surface area contributed by atoms with E-state index >= 15 is 0 Å². The van der Waals surface area contributed by atoms with Crippen molar-refractivity contribution in [2.75, 3.05) is 6.54 Å². The zero-order chi connectivity index (χ0) is 9.41. The van der Waals surface area contributed by atoms with Gasteiger partial charge in [0.15, 0.2) is 5.60 Å². The third-order valence-electron chi connectivity index (χ3n) is 2.45. The van der Waals surface area contributed by atoms with Crippen LogP contribution >= 0.6 is 0 Å². The summed E-state index contributed by atoms with van der Waals surface area (Å²) in [5.41, 5.74) is 2.74. The van der Waals surface area contributed by atoms with Crippen molar-refractivity contribution in [3.05, 3.63) is 0 Å². The summed E-state index contributed by atoms with van der Waals surface area (Å²) < 4.78 is 36.5. The molecule has 2 atom stereocenters. The van der Waals surface area contributed by atoms with E-state index in [1.165, 1.54) is 0 Å². The molecule has 2 unspecified atom stereocenters. The van der Waals surface area contributed by atoms with Gasteiger partial charge in [-0.15, -0.1) is 0 Å². The third-order valence-corrected chi connectivity index (χ3v) is 2.45. The molecule has 0 aromatic heterocycles. The number of halogens is 3. The van der Waals surface area contributed by atoms with Gasteiger partial charge in [-0.3, -0.25) is 0 Å². The van der Waals surface area contributed by atoms with Crippen molar-refractivity contribution in [2.45, 2.75) is 31.0 Å². The summed E-state index contributed by atoms with van der Waals surface area (Å²) in [5.74, 6) is -0.184. The van der Waals surface area contributed by atoms with Crippen molar-refractivity contribution in [2.24, 2.45) is 11.7 Å². The minimum absolute atomic E-state index is 0.184. The van der Waals surface area contributed by atoms with E-state index in [1.54, 1.807) is 0 Å². The molecule has 0 radical (unpaired) electrons. The molecular formula is C7H12F3NO. The van der Waals surface area contributed by atoms with E-state index in [0.717, 1.165) is 0 Å². The molecule has 0 saturated heterocycles. The number of hydrogen-bond donors (Lipinski definition) is 2. The molecule has 0 aliphatic heterocycles. The zero-order valence-electron chi connectivity index (χ0n) is 6.56. The van der Waals surface area contributed by atoms with E-state index < -0.39 is 11.8 Å². The van der Waals surface area contributed by atoms with Gasteiger partial charge in [0.25, 0.3) is 0 Å². The smallest absolute Gasteiger partial charge is 0.380 e. The van der Waals surface area contributed by atoms with E-state index in [1.807, 2.05) is 0 Å². The molecule has 1 fully saturated rings. The molecule has 0 amide bonds. The maximum absolute atomic E-state index is 12.2. The molecule has 0 aromatic carbocycles. The Hall–Kier alpha value is -0.290. The number of hydrogen-bond acceptors (Lipinski definition) is 2. The summed E-state index contributed by atoms with van der Waals surface area (Å²) in [6, 6.07) is 0. The maximum Gasteiger partial charge on any atom is 0.417 e. The molecule has 1 aliphatic carbocycles. The van der Waals surface area contributed by atoms with E-state index in [9.17, 15) is 13.2 Å². The summed E-state index contributed by atoms with van der Waals surface area (Å²) in [6.45, 7) is 0.221. The molecule has 72 valence electrons. The second-order valence-electron chi connectivity index (χ2n) is 3.37. The highest BCUT2D eigenvalue weighted by Gasteiger charge is 2.56. The fraction of sp³-hybridized carbons (Fsp3) is 1.00. The predicted molar refractivity (Wildman–Crippen MR) is 37.4 cm³/mol. The zero-order valence-corrected chi connectivity index (χ0v) is 6.56. The number of alkyl halides is 3. The lowest BCUT2D eigenvalue weighted by Crippen LogP contribution is -2.42. The quantitative estimate of drug-likeness (QED) is 0.638. The Bertz CT molecular complexity index is 171. The van der Waals surface area contributed by atoms with Crippen LogP contribution < -0.4 is 5.73 Å². The standard InChI is InChI=1S/C7H12F3NO/c8-7(9,10)6(12)2-1-5(3-6)4-11/h5,12H,1-4,11H2. The minimum Gasteiger partial charge on any atom is -0.380 e. The Kier molecular flexibility index (Phi) is 2.35. The third kappa shape index (κ3) is 1.56. The fourth-order valence-electron chi connectivity index (χ4n) is 1.58. The van der Waals surface area contributed by atoms with E-state index in [-0.39, 0.29) is 25.3 Å². The van der Waals surface area contributed by atoms with E-state index in [2.05, 4.69) is 0 Å². The van der Waals surface area contributed by atoms with Gasteiger partial charge in [0, 0.05) is 0 Å². The second kappa shape index (κ2) is 2.88. The molecule has 12 heavy (non-hydrogen) atoms. The highest BCUT2D eigenvalue weighted by Crippen LogP contribution is 2.44. The predicted octanol–water partition coefficient (Wildman–Crippen LogP) is 1.04. The summed E-state index contributed by atoms with van der Waals surface area (Å²) in [6.07, 6.45) is -4.59. The van der Waals surface area contributed by atoms with Crippen molar-refractivity contribution >= 4 is 0 Å². The average molecular weight is 183 g/mol. The van der Waals surface area contributed by atoms with Crippen LogP contribution in [0.15, 0.2) is 0 Å². The minimum atomic E-state index is -4.50. The molecule has 2 nitrogen and oxygen atoms in total. The summed E-state index contributed by atoms with van der Waals surface area (Å²) in [7, 11) is 0. The Morgan fingerprint density at radius 2 is 2.08 bits per heavy atom. The van der Waals surface area contributed by atoms with Crippen LogP contribution in [-0.2, 0) is 0 Å². The summed E-state index contributed by atoms with van der Waals surface area (Å²) in [5, 5.41) is 9.15. The summed E-state index contributed by atoms with van der Waals surface area (Å²) in [4.78, 5) is 0. The van der Waals surface area contributed by atoms with Crippen LogP contribution in [0.2, 0.25) is 0 Å². The number of nitrogens with two attached hydrogens (primary N) is 1. The van der Waals surface area contributed by atoms with Crippen LogP contribution in [0.25, 0.3) is 0 Å². The monoisotopic (exact) mass is 183 g/mol. The first-order chi connectivity index (χ1) is 5.39. The first kappa shape index (κ1) is 9.80. The molecule has 1 aliphatic rings. The van der Waals surface area contributed by atoms with Gasteiger partial charge in [-0.1, -0.05) is 0 Å². The van der Waals surface area contributed by atoms with Crippen LogP contribution in [0, 0.1) is 5.92 Å². The molecule has 0 heterocycles. The van der Waals surface area contributed by atoms with Crippen LogP contribution in [0.1, 0.15) is 19.3 Å². The topological polar surface area (TPSA) is 46.2 Å². The van der Waals surface area contributed by atoms with E-state index in [0.29, 0.717) is 6.42 Å². The van der Waals surface area contributed by atoms with Gasteiger partial charge in [0.1, 0.15) is 0 Å². The lowest BCUT2D eigenvalue weighted by atomic mass is 10.00. The molecule has 3 N–H and O–H groups in total. The highest BCUT2D eigenvalue weighted by atomic mass is 19.4. The van der Waals surface area contributed by atoms with Crippen molar-refractivity contribution in [3.8, 4) is 0 Å². The largest absolute Gasteiger partial charge is 0.417 e. The van der Waals surface area contributed by atoms with Crippen molar-refractivity contribution in [1.82, 2.24) is 0 Å². The van der Waals surface area contributed by atoms with Gasteiger partial charge < -0.3 is 10.8 Å². The van der Waals surface area contributed by atoms with E-state index in [4.69, 9.17) is 10.8 Å². The molecule has 0 bridgehead atoms. The Morgan fingerprint density at radius 3 is 2.33 bits per heavy atom. The van der Waals surface area contributed by atoms with Crippen LogP contribution in [0.3, 0.4) is 0 Å². The Morgan fingerprint density at radius 1 is 1.50 bits per heavy atom. The molecule has 1 saturated carbocycles. The van der Waals surface area contributed by atoms with Crippen molar-refractivity contribution < 1.29 is 18.3 Å². The van der Waals surface area contributed by atoms with Gasteiger partial charge in [-0.2, -0.15) is 13.2 Å². The average Bonchev–Trinajstić information content (AvgIpc) is 2.31. The number of rotatable bonds is 1. The molecule has 1 rings (SSSR count). The van der Waals surface area contributed by atoms with Crippen molar-refractivity contribution in [3.63, 3.8) is 0 Å². The maximum atomic E-state index is 12.2. The fourth-order valence-corrected chi connectivity index (χ4v) is 1.58. The summed E-state index contributed by atoms with van der Waals surface area (Å²) >= 11 is 0. The second-order valence-corrected chi connectivity index (χ2v) is 3.37. The lowest BCUT2D eigenvalue weighted by molar-refractivity contribution is -0.258. The number of aliphatic hydroxyl groups is 1. The van der Waals surface area contributed by atoms with Crippen LogP contribution in [0.4, 0.5) is 13.2 Å². The van der Waals surface area contributed by atoms with Gasteiger partial charge in [-0.25, -0.2) is 0 Å². The molecule has 0 spiro atoms. The van der Waals surface area contributed by atoms with Crippen molar-refractivity contribution in [1.29, 1.82) is 0 Å². The molecule has 0 aromatic rings. The van der Waals surface area contributed by atoms with Gasteiger partial charge in [-0.05, 0) is 31.7 Å². The highest BCUT2D eigenvalue weighted by molar-refractivity contribution is 4.94. The van der Waals surface area contributed by atoms with Gasteiger partial charge in [0.2, 0.25) is 0 Å². The van der Waals surface area contributed by atoms with Crippen LogP contribution in [-0.4, -0.2) is 23.4 Å². The SMILES string of the molecule is NCC1CCC(O)(C(F)(F)F)C1. The lowest BCUT2D eigenvalue weighted by Gasteiger charge is -2.25. The Balaban J connectivity index is 2.64. The molecule has 5 heteroatoms. The Labute approximate surface area is 68.6 Å².